The first kappa shape index (κ1) is 15.1. The Morgan fingerprint density at radius 2 is 1.90 bits per heavy atom. The average Bonchev–Trinajstić information content (AvgIpc) is 3.28. The van der Waals surface area contributed by atoms with E-state index in [1.807, 2.05) is 0 Å². The second-order valence-electron chi connectivity index (χ2n) is 6.03. The second kappa shape index (κ2) is 6.43. The van der Waals surface area contributed by atoms with Crippen molar-refractivity contribution >= 4 is 12.0 Å². The number of carbonyl (C=O) groups excluding carboxylic acids is 1. The first-order valence-electron chi connectivity index (χ1n) is 7.46. The van der Waals surface area contributed by atoms with Crippen LogP contribution in [0.4, 0.5) is 4.79 Å². The molecule has 1 atom stereocenters. The lowest BCUT2D eigenvalue weighted by atomic mass is 9.97. The first-order chi connectivity index (χ1) is 9.49. The summed E-state index contributed by atoms with van der Waals surface area (Å²) in [7, 11) is 2.10. The number of rotatable bonds is 5. The monoisotopic (exact) mass is 283 g/mol. The molecule has 0 aromatic carbocycles. The van der Waals surface area contributed by atoms with Crippen LogP contribution in [0.25, 0.3) is 0 Å². The van der Waals surface area contributed by atoms with Gasteiger partial charge in [0.1, 0.15) is 0 Å². The summed E-state index contributed by atoms with van der Waals surface area (Å²) in [6, 6.07) is 0.959. The number of carboxylic acids is 1. The van der Waals surface area contributed by atoms with Gasteiger partial charge in [0.05, 0.1) is 5.92 Å². The highest BCUT2D eigenvalue weighted by Gasteiger charge is 2.30. The van der Waals surface area contributed by atoms with Gasteiger partial charge in [-0.2, -0.15) is 0 Å². The van der Waals surface area contributed by atoms with E-state index in [9.17, 15) is 9.59 Å². The average molecular weight is 283 g/mol. The minimum Gasteiger partial charge on any atom is -0.481 e. The van der Waals surface area contributed by atoms with Crippen LogP contribution in [0, 0.1) is 5.92 Å². The molecule has 6 heteroatoms. The van der Waals surface area contributed by atoms with E-state index >= 15 is 0 Å². The van der Waals surface area contributed by atoms with E-state index in [4.69, 9.17) is 5.11 Å². The van der Waals surface area contributed by atoms with Crippen molar-refractivity contribution in [2.75, 3.05) is 26.7 Å². The van der Waals surface area contributed by atoms with E-state index in [2.05, 4.69) is 24.2 Å². The summed E-state index contributed by atoms with van der Waals surface area (Å²) >= 11 is 0. The molecule has 2 N–H and O–H groups in total. The second-order valence-corrected chi connectivity index (χ2v) is 6.03. The Labute approximate surface area is 120 Å². The summed E-state index contributed by atoms with van der Waals surface area (Å²) in [5.41, 5.74) is 0. The van der Waals surface area contributed by atoms with Crippen molar-refractivity contribution in [3.8, 4) is 0 Å². The molecule has 0 spiro atoms. The molecule has 6 nitrogen and oxygen atoms in total. The number of hydrogen-bond donors (Lipinski definition) is 2. The van der Waals surface area contributed by atoms with Gasteiger partial charge in [-0.25, -0.2) is 4.79 Å². The van der Waals surface area contributed by atoms with Crippen LogP contribution in [0.15, 0.2) is 0 Å². The molecular formula is C14H25N3O3. The molecule has 1 aliphatic heterocycles. The van der Waals surface area contributed by atoms with E-state index < -0.39 is 5.97 Å². The fourth-order valence-electron chi connectivity index (χ4n) is 2.66. The highest BCUT2D eigenvalue weighted by atomic mass is 16.4. The number of aliphatic carboxylic acids is 1. The van der Waals surface area contributed by atoms with Gasteiger partial charge in [0, 0.05) is 31.7 Å². The van der Waals surface area contributed by atoms with Crippen LogP contribution in [0.3, 0.4) is 0 Å². The van der Waals surface area contributed by atoms with Crippen molar-refractivity contribution < 1.29 is 14.7 Å². The van der Waals surface area contributed by atoms with E-state index in [0.717, 1.165) is 0 Å². The maximum Gasteiger partial charge on any atom is 0.317 e. The zero-order valence-electron chi connectivity index (χ0n) is 12.3. The van der Waals surface area contributed by atoms with Crippen molar-refractivity contribution in [2.45, 2.75) is 44.7 Å². The third-order valence-electron chi connectivity index (χ3n) is 4.50. The van der Waals surface area contributed by atoms with Gasteiger partial charge in [0.15, 0.2) is 0 Å². The Morgan fingerprint density at radius 1 is 1.30 bits per heavy atom. The molecule has 20 heavy (non-hydrogen) atoms. The van der Waals surface area contributed by atoms with Gasteiger partial charge in [-0.1, -0.05) is 0 Å². The smallest absolute Gasteiger partial charge is 0.317 e. The number of carbonyl (C=O) groups is 2. The Bertz CT molecular complexity index is 363. The maximum absolute atomic E-state index is 12.0. The lowest BCUT2D eigenvalue weighted by Gasteiger charge is -2.31. The SMILES string of the molecule is CC(CNC(=O)N1CCC(C(=O)O)CC1)N(C)C1CC1. The molecule has 2 rings (SSSR count). The number of hydrogen-bond acceptors (Lipinski definition) is 3. The fourth-order valence-corrected chi connectivity index (χ4v) is 2.66. The maximum atomic E-state index is 12.0. The molecule has 0 aromatic rings. The Balaban J connectivity index is 1.68. The van der Waals surface area contributed by atoms with Crippen LogP contribution in [-0.2, 0) is 4.79 Å². The molecule has 0 bridgehead atoms. The van der Waals surface area contributed by atoms with Gasteiger partial charge >= 0.3 is 12.0 Å². The summed E-state index contributed by atoms with van der Waals surface area (Å²) in [5, 5.41) is 11.9. The zero-order valence-corrected chi connectivity index (χ0v) is 12.3. The number of likely N-dealkylation sites (tertiary alicyclic amines) is 1. The van der Waals surface area contributed by atoms with E-state index in [1.54, 1.807) is 4.90 Å². The molecule has 1 heterocycles. The summed E-state index contributed by atoms with van der Waals surface area (Å²) in [6.45, 7) is 3.84. The Hall–Kier alpha value is -1.30. The minimum absolute atomic E-state index is 0.0649. The van der Waals surface area contributed by atoms with Crippen molar-refractivity contribution in [1.29, 1.82) is 0 Å². The molecule has 0 aromatic heterocycles. The fraction of sp³-hybridized carbons (Fsp3) is 0.857. The molecule has 114 valence electrons. The van der Waals surface area contributed by atoms with E-state index in [0.29, 0.717) is 44.6 Å². The van der Waals surface area contributed by atoms with Crippen LogP contribution >= 0.6 is 0 Å². The summed E-state index contributed by atoms with van der Waals surface area (Å²) in [4.78, 5) is 26.9. The largest absolute Gasteiger partial charge is 0.481 e. The first-order valence-corrected chi connectivity index (χ1v) is 7.46. The molecule has 1 saturated heterocycles. The van der Waals surface area contributed by atoms with Crippen LogP contribution in [0.1, 0.15) is 32.6 Å². The minimum atomic E-state index is -0.746. The van der Waals surface area contributed by atoms with E-state index in [-0.39, 0.29) is 11.9 Å². The summed E-state index contributed by atoms with van der Waals surface area (Å²) in [6.07, 6.45) is 3.63. The predicted molar refractivity (Wildman–Crippen MR) is 75.6 cm³/mol. The van der Waals surface area contributed by atoms with Crippen molar-refractivity contribution in [3.05, 3.63) is 0 Å². The van der Waals surface area contributed by atoms with Gasteiger partial charge in [-0.05, 0) is 39.7 Å². The molecule has 2 fully saturated rings. The summed E-state index contributed by atoms with van der Waals surface area (Å²) < 4.78 is 0. The highest BCUT2D eigenvalue weighted by molar-refractivity contribution is 5.75. The lowest BCUT2D eigenvalue weighted by molar-refractivity contribution is -0.143. The van der Waals surface area contributed by atoms with E-state index in [1.165, 1.54) is 12.8 Å². The number of piperidine rings is 1. The summed E-state index contributed by atoms with van der Waals surface area (Å²) in [5.74, 6) is -1.04. The quantitative estimate of drug-likeness (QED) is 0.789. The van der Waals surface area contributed by atoms with Crippen LogP contribution in [0.5, 0.6) is 0 Å². The number of amides is 2. The van der Waals surface area contributed by atoms with Gasteiger partial charge in [0.2, 0.25) is 0 Å². The number of nitrogens with zero attached hydrogens (tertiary/aromatic N) is 2. The van der Waals surface area contributed by atoms with Crippen LogP contribution in [-0.4, -0.2) is 65.7 Å². The van der Waals surface area contributed by atoms with Crippen LogP contribution < -0.4 is 5.32 Å². The highest BCUT2D eigenvalue weighted by Crippen LogP contribution is 2.26. The molecule has 2 aliphatic rings. The van der Waals surface area contributed by atoms with Crippen molar-refractivity contribution in [1.82, 2.24) is 15.1 Å². The third-order valence-corrected chi connectivity index (χ3v) is 4.50. The molecule has 0 radical (unpaired) electrons. The third kappa shape index (κ3) is 3.85. The molecule has 1 aliphatic carbocycles. The zero-order chi connectivity index (χ0) is 14.7. The molecule has 1 saturated carbocycles. The molecular weight excluding hydrogens is 258 g/mol. The van der Waals surface area contributed by atoms with Gasteiger partial charge in [0.25, 0.3) is 0 Å². The lowest BCUT2D eigenvalue weighted by Crippen LogP contribution is -2.49. The van der Waals surface area contributed by atoms with Gasteiger partial charge in [-0.3, -0.25) is 9.69 Å². The number of nitrogens with one attached hydrogen (secondary N) is 1. The number of urea groups is 1. The van der Waals surface area contributed by atoms with Crippen molar-refractivity contribution in [3.63, 3.8) is 0 Å². The topological polar surface area (TPSA) is 72.9 Å². The van der Waals surface area contributed by atoms with Gasteiger partial charge < -0.3 is 15.3 Å². The normalized spacial score (nSPS) is 21.9. The van der Waals surface area contributed by atoms with Crippen LogP contribution in [0.2, 0.25) is 0 Å². The standard InChI is InChI=1S/C14H25N3O3/c1-10(16(2)12-3-4-12)9-15-14(20)17-7-5-11(6-8-17)13(18)19/h10-12H,3-9H2,1-2H3,(H,15,20)(H,18,19). The van der Waals surface area contributed by atoms with Gasteiger partial charge in [-0.15, -0.1) is 0 Å². The van der Waals surface area contributed by atoms with Crippen molar-refractivity contribution in [2.24, 2.45) is 5.92 Å². The Kier molecular flexibility index (Phi) is 4.86. The molecule has 1 unspecified atom stereocenters. The number of likely N-dealkylation sites (N-methyl/N-ethyl adjacent to an activating group) is 1. The molecule has 2 amide bonds. The predicted octanol–water partition coefficient (Wildman–Crippen LogP) is 0.975. The number of carboxylic acid groups (broad SMARTS) is 1. The Morgan fingerprint density at radius 3 is 2.40 bits per heavy atom.